The molecule has 0 aliphatic carbocycles. The van der Waals surface area contributed by atoms with Gasteiger partial charge < -0.3 is 10.6 Å². The molecule has 4 aromatic rings. The van der Waals surface area contributed by atoms with Gasteiger partial charge in [-0.05, 0) is 49.6 Å². The lowest BCUT2D eigenvalue weighted by Crippen LogP contribution is -2.37. The lowest BCUT2D eigenvalue weighted by Gasteiger charge is -2.13. The number of carbonyl (C=O) groups excluding carboxylic acids is 2. The summed E-state index contributed by atoms with van der Waals surface area (Å²) < 4.78 is 1.25. The van der Waals surface area contributed by atoms with Gasteiger partial charge in [0.25, 0.3) is 5.56 Å². The van der Waals surface area contributed by atoms with E-state index in [0.29, 0.717) is 15.2 Å². The fraction of sp³-hybridized carbons (Fsp3) is 0.200. The molecule has 7 nitrogen and oxygen atoms in total. The molecule has 2 N–H and O–H groups in total. The summed E-state index contributed by atoms with van der Waals surface area (Å²) in [4.78, 5) is 42.9. The van der Waals surface area contributed by atoms with Crippen molar-refractivity contribution in [1.82, 2.24) is 14.9 Å². The van der Waals surface area contributed by atoms with Gasteiger partial charge in [0.05, 0.1) is 18.3 Å². The molecule has 0 saturated heterocycles. The van der Waals surface area contributed by atoms with Crippen molar-refractivity contribution < 1.29 is 9.59 Å². The van der Waals surface area contributed by atoms with Crippen molar-refractivity contribution in [2.24, 2.45) is 0 Å². The van der Waals surface area contributed by atoms with Crippen molar-refractivity contribution in [3.63, 3.8) is 0 Å². The Morgan fingerprint density at radius 3 is 2.41 bits per heavy atom. The van der Waals surface area contributed by atoms with Gasteiger partial charge in [0.15, 0.2) is 0 Å². The zero-order valence-corrected chi connectivity index (χ0v) is 20.5. The Labute approximate surface area is 205 Å². The Bertz CT molecular complexity index is 1430. The molecule has 4 rings (SSSR count). The Balaban J connectivity index is 1.45. The maximum atomic E-state index is 13.1. The minimum absolute atomic E-state index is 0.204. The largest absolute Gasteiger partial charge is 0.345 e. The van der Waals surface area contributed by atoms with Crippen molar-refractivity contribution in [3.05, 3.63) is 80.2 Å². The number of hydrogen-bond acceptors (Lipinski definition) is 5. The van der Waals surface area contributed by atoms with Gasteiger partial charge in [-0.25, -0.2) is 4.98 Å². The summed E-state index contributed by atoms with van der Waals surface area (Å²) in [6.07, 6.45) is 1.35. The maximum absolute atomic E-state index is 13.1. The minimum atomic E-state index is -0.459. The van der Waals surface area contributed by atoms with E-state index < -0.39 is 5.91 Å². The van der Waals surface area contributed by atoms with E-state index in [-0.39, 0.29) is 24.6 Å². The molecule has 9 heteroatoms. The van der Waals surface area contributed by atoms with Gasteiger partial charge >= 0.3 is 0 Å². The number of rotatable bonds is 6. The molecule has 0 bridgehead atoms. The summed E-state index contributed by atoms with van der Waals surface area (Å²) in [5.41, 5.74) is 5.03. The Kier molecular flexibility index (Phi) is 6.81. The summed E-state index contributed by atoms with van der Waals surface area (Å²) >= 11 is 7.34. The van der Waals surface area contributed by atoms with Gasteiger partial charge in [-0.15, -0.1) is 11.3 Å². The molecule has 0 radical (unpaired) electrons. The van der Waals surface area contributed by atoms with Crippen LogP contribution in [0.2, 0.25) is 5.02 Å². The van der Waals surface area contributed by atoms with E-state index in [9.17, 15) is 14.4 Å². The first-order valence-electron chi connectivity index (χ1n) is 10.6. The van der Waals surface area contributed by atoms with E-state index in [4.69, 9.17) is 11.6 Å². The first kappa shape index (κ1) is 23.7. The Morgan fingerprint density at radius 1 is 1.06 bits per heavy atom. The van der Waals surface area contributed by atoms with Crippen LogP contribution in [0.5, 0.6) is 0 Å². The van der Waals surface area contributed by atoms with Gasteiger partial charge in [0.1, 0.15) is 11.4 Å². The molecule has 0 fully saturated rings. The molecule has 0 aliphatic heterocycles. The van der Waals surface area contributed by atoms with Crippen LogP contribution in [0.3, 0.4) is 0 Å². The summed E-state index contributed by atoms with van der Waals surface area (Å²) in [6, 6.07) is 11.2. The molecule has 2 amide bonds. The van der Waals surface area contributed by atoms with Crippen LogP contribution in [0.4, 0.5) is 5.69 Å². The zero-order chi connectivity index (χ0) is 24.4. The highest BCUT2D eigenvalue weighted by molar-refractivity contribution is 7.17. The third kappa shape index (κ3) is 5.03. The normalized spacial score (nSPS) is 10.9. The number of benzene rings is 2. The number of carbonyl (C=O) groups is 2. The number of fused-ring (bicyclic) bond motifs is 1. The van der Waals surface area contributed by atoms with E-state index >= 15 is 0 Å². The second-order valence-electron chi connectivity index (χ2n) is 8.11. The summed E-state index contributed by atoms with van der Waals surface area (Å²) in [5.74, 6) is -0.800. The fourth-order valence-electron chi connectivity index (χ4n) is 3.87. The van der Waals surface area contributed by atoms with Crippen molar-refractivity contribution in [2.75, 3.05) is 11.9 Å². The number of aryl methyl sites for hydroxylation is 3. The minimum Gasteiger partial charge on any atom is -0.345 e. The highest BCUT2D eigenvalue weighted by Gasteiger charge is 2.15. The Morgan fingerprint density at radius 2 is 1.74 bits per heavy atom. The molecule has 0 spiro atoms. The number of anilines is 1. The molecule has 0 atom stereocenters. The van der Waals surface area contributed by atoms with E-state index in [1.165, 1.54) is 22.2 Å². The highest BCUT2D eigenvalue weighted by atomic mass is 35.5. The van der Waals surface area contributed by atoms with Crippen molar-refractivity contribution in [2.45, 2.75) is 27.3 Å². The number of nitrogens with zero attached hydrogens (tertiary/aromatic N) is 2. The summed E-state index contributed by atoms with van der Waals surface area (Å²) in [5, 5.41) is 8.34. The number of nitrogens with one attached hydrogen (secondary N) is 2. The number of aromatic nitrogens is 2. The van der Waals surface area contributed by atoms with Gasteiger partial charge in [-0.1, -0.05) is 41.4 Å². The van der Waals surface area contributed by atoms with Crippen LogP contribution in [0.15, 0.2) is 52.9 Å². The third-order valence-corrected chi connectivity index (χ3v) is 6.56. The Hall–Kier alpha value is -3.49. The number of hydrogen-bond donors (Lipinski definition) is 2. The number of amides is 2. The molecular formula is C25H23ClN4O3S. The van der Waals surface area contributed by atoms with Crippen LogP contribution in [-0.2, 0) is 16.1 Å². The second kappa shape index (κ2) is 9.79. The highest BCUT2D eigenvalue weighted by Crippen LogP contribution is 2.31. The van der Waals surface area contributed by atoms with Crippen LogP contribution >= 0.6 is 22.9 Å². The van der Waals surface area contributed by atoms with E-state index in [0.717, 1.165) is 33.5 Å². The average molecular weight is 495 g/mol. The molecule has 174 valence electrons. The van der Waals surface area contributed by atoms with Crippen molar-refractivity contribution >= 4 is 50.7 Å². The van der Waals surface area contributed by atoms with Gasteiger partial charge in [0, 0.05) is 21.7 Å². The van der Waals surface area contributed by atoms with Crippen LogP contribution in [0, 0.1) is 20.8 Å². The molecule has 2 aromatic heterocycles. The van der Waals surface area contributed by atoms with Crippen LogP contribution in [-0.4, -0.2) is 27.9 Å². The van der Waals surface area contributed by atoms with Gasteiger partial charge in [0.2, 0.25) is 11.8 Å². The lowest BCUT2D eigenvalue weighted by molar-refractivity contribution is -0.124. The SMILES string of the molecule is Cc1cc(C)c(NC(=O)CNC(=O)Cn2cnc3scc(-c4ccc(Cl)cc4)c3c2=O)c(C)c1. The summed E-state index contributed by atoms with van der Waals surface area (Å²) in [7, 11) is 0. The quantitative estimate of drug-likeness (QED) is 0.414. The second-order valence-corrected chi connectivity index (χ2v) is 9.41. The molecule has 2 aromatic carbocycles. The van der Waals surface area contributed by atoms with Crippen LogP contribution < -0.4 is 16.2 Å². The average Bonchev–Trinajstić information content (AvgIpc) is 3.22. The van der Waals surface area contributed by atoms with Gasteiger partial charge in [-0.2, -0.15) is 0 Å². The standard InChI is InChI=1S/C25H23ClN4O3S/c1-14-8-15(2)23(16(3)9-14)29-20(31)10-27-21(32)11-30-13-28-24-22(25(30)33)19(12-34-24)17-4-6-18(26)7-5-17/h4-9,12-13H,10-11H2,1-3H3,(H,27,32)(H,29,31). The molecule has 0 aliphatic rings. The molecule has 0 unspecified atom stereocenters. The molecule has 0 saturated carbocycles. The van der Waals surface area contributed by atoms with E-state index in [1.54, 1.807) is 12.1 Å². The fourth-order valence-corrected chi connectivity index (χ4v) is 4.90. The molecule has 2 heterocycles. The topological polar surface area (TPSA) is 93.1 Å². The predicted molar refractivity (Wildman–Crippen MR) is 137 cm³/mol. The van der Waals surface area contributed by atoms with E-state index in [2.05, 4.69) is 15.6 Å². The monoisotopic (exact) mass is 494 g/mol. The number of thiophene rings is 1. The smallest absolute Gasteiger partial charge is 0.263 e. The van der Waals surface area contributed by atoms with Crippen molar-refractivity contribution in [1.29, 1.82) is 0 Å². The molecular weight excluding hydrogens is 472 g/mol. The van der Waals surface area contributed by atoms with Crippen LogP contribution in [0.25, 0.3) is 21.3 Å². The van der Waals surface area contributed by atoms with Crippen LogP contribution in [0.1, 0.15) is 16.7 Å². The predicted octanol–water partition coefficient (Wildman–Crippen LogP) is 4.46. The summed E-state index contributed by atoms with van der Waals surface area (Å²) in [6.45, 7) is 5.39. The third-order valence-electron chi connectivity index (χ3n) is 5.42. The van der Waals surface area contributed by atoms with E-state index in [1.807, 2.05) is 50.4 Å². The maximum Gasteiger partial charge on any atom is 0.263 e. The molecule has 34 heavy (non-hydrogen) atoms. The van der Waals surface area contributed by atoms with Gasteiger partial charge in [-0.3, -0.25) is 19.0 Å². The zero-order valence-electron chi connectivity index (χ0n) is 18.9. The number of halogens is 1. The first-order chi connectivity index (χ1) is 16.2. The van der Waals surface area contributed by atoms with Crippen molar-refractivity contribution in [3.8, 4) is 11.1 Å². The first-order valence-corrected chi connectivity index (χ1v) is 11.9. The lowest BCUT2D eigenvalue weighted by atomic mass is 10.1.